The van der Waals surface area contributed by atoms with Crippen LogP contribution in [0.2, 0.25) is 0 Å². The van der Waals surface area contributed by atoms with Gasteiger partial charge in [-0.15, -0.1) is 0 Å². The number of aliphatic hydroxyl groups excluding tert-OH is 1. The van der Waals surface area contributed by atoms with Gasteiger partial charge in [0.15, 0.2) is 0 Å². The molecule has 0 atom stereocenters. The Bertz CT molecular complexity index is 2320. The monoisotopic (exact) mass is 788 g/mol. The number of aromatic nitrogens is 4. The van der Waals surface area contributed by atoms with Gasteiger partial charge in [0.25, 0.3) is 11.1 Å². The molecular weight excluding hydrogens is 741 g/mol. The molecule has 2 fully saturated rings. The average molecular weight is 789 g/mol. The molecule has 15 heteroatoms. The Balaban J connectivity index is 0.000000149. The minimum Gasteiger partial charge on any atom is -0.395 e. The number of aryl methyl sites for hydroxylation is 2. The molecule has 11 nitrogen and oxygen atoms in total. The lowest BCUT2D eigenvalue weighted by Crippen LogP contribution is -2.46. The van der Waals surface area contributed by atoms with Gasteiger partial charge in [0, 0.05) is 102 Å². The van der Waals surface area contributed by atoms with E-state index >= 15 is 0 Å². The van der Waals surface area contributed by atoms with E-state index in [4.69, 9.17) is 9.97 Å². The number of anilines is 4. The quantitative estimate of drug-likeness (QED) is 0.207. The maximum absolute atomic E-state index is 14.9. The van der Waals surface area contributed by atoms with E-state index in [1.54, 1.807) is 0 Å². The fraction of sp³-hybridized carbons (Fsp3) is 0.524. The maximum Gasteiger partial charge on any atom is 0.255 e. The van der Waals surface area contributed by atoms with Crippen molar-refractivity contribution in [2.75, 3.05) is 72.4 Å². The van der Waals surface area contributed by atoms with Crippen LogP contribution >= 0.6 is 0 Å². The van der Waals surface area contributed by atoms with Crippen LogP contribution in [-0.2, 0) is 36.5 Å². The second-order valence-corrected chi connectivity index (χ2v) is 16.7. The van der Waals surface area contributed by atoms with E-state index in [-0.39, 0.29) is 23.1 Å². The van der Waals surface area contributed by atoms with Crippen molar-refractivity contribution in [3.05, 3.63) is 102 Å². The number of aromatic amines is 2. The van der Waals surface area contributed by atoms with Gasteiger partial charge in [-0.2, -0.15) is 0 Å². The van der Waals surface area contributed by atoms with Crippen LogP contribution < -0.4 is 31.1 Å². The first-order valence-corrected chi connectivity index (χ1v) is 20.4. The summed E-state index contributed by atoms with van der Waals surface area (Å²) in [5.41, 5.74) is 4.95. The molecule has 302 valence electrons. The number of piperidine rings is 2. The third-order valence-electron chi connectivity index (χ3n) is 13.4. The molecule has 4 aliphatic heterocycles. The van der Waals surface area contributed by atoms with E-state index < -0.39 is 28.7 Å². The molecule has 10 rings (SSSR count). The fourth-order valence-electron chi connectivity index (χ4n) is 10.4. The van der Waals surface area contributed by atoms with Gasteiger partial charge in [-0.25, -0.2) is 27.5 Å². The van der Waals surface area contributed by atoms with E-state index in [1.807, 2.05) is 4.90 Å². The van der Waals surface area contributed by atoms with Crippen molar-refractivity contribution in [3.63, 3.8) is 0 Å². The van der Waals surface area contributed by atoms with Gasteiger partial charge in [-0.3, -0.25) is 19.6 Å². The van der Waals surface area contributed by atoms with Crippen LogP contribution in [0.4, 0.5) is 40.8 Å². The van der Waals surface area contributed by atoms with Crippen molar-refractivity contribution in [1.82, 2.24) is 19.9 Å². The predicted molar refractivity (Wildman–Crippen MR) is 210 cm³/mol. The topological polar surface area (TPSA) is 133 Å². The normalized spacial score (nSPS) is 20.1. The van der Waals surface area contributed by atoms with Gasteiger partial charge in [0.05, 0.1) is 18.0 Å². The van der Waals surface area contributed by atoms with E-state index in [1.165, 1.54) is 12.1 Å². The van der Waals surface area contributed by atoms with Gasteiger partial charge in [-0.05, 0) is 89.2 Å². The van der Waals surface area contributed by atoms with Crippen LogP contribution in [0.1, 0.15) is 85.0 Å². The highest BCUT2D eigenvalue weighted by Crippen LogP contribution is 2.49. The van der Waals surface area contributed by atoms with Gasteiger partial charge in [0.1, 0.15) is 23.3 Å². The summed E-state index contributed by atoms with van der Waals surface area (Å²) in [6.07, 6.45) is 10.3. The number of nitrogens with zero attached hydrogens (tertiary/aromatic N) is 5. The van der Waals surface area contributed by atoms with Gasteiger partial charge >= 0.3 is 0 Å². The molecule has 57 heavy (non-hydrogen) atoms. The molecule has 4 aromatic rings. The Morgan fingerprint density at radius 1 is 0.667 bits per heavy atom. The van der Waals surface area contributed by atoms with Crippen molar-refractivity contribution in [3.8, 4) is 0 Å². The summed E-state index contributed by atoms with van der Waals surface area (Å²) in [5.74, 6) is -0.909. The highest BCUT2D eigenvalue weighted by molar-refractivity contribution is 5.64. The Hall–Kier alpha value is -4.92. The van der Waals surface area contributed by atoms with Crippen LogP contribution in [0.3, 0.4) is 0 Å². The lowest BCUT2D eigenvalue weighted by Gasteiger charge is -2.40. The lowest BCUT2D eigenvalue weighted by molar-refractivity contribution is 0.293. The fourth-order valence-corrected chi connectivity index (χ4v) is 10.4. The predicted octanol–water partition coefficient (Wildman–Crippen LogP) is 5.17. The summed E-state index contributed by atoms with van der Waals surface area (Å²) in [4.78, 5) is 46.3. The van der Waals surface area contributed by atoms with Crippen molar-refractivity contribution < 1.29 is 22.7 Å². The van der Waals surface area contributed by atoms with Crippen LogP contribution in [0.25, 0.3) is 0 Å². The molecule has 0 bridgehead atoms. The Kier molecular flexibility index (Phi) is 9.77. The third kappa shape index (κ3) is 6.74. The minimum absolute atomic E-state index is 0.0237. The Labute approximate surface area is 327 Å². The average Bonchev–Trinajstić information content (AvgIpc) is 3.70. The number of rotatable bonds is 4. The second-order valence-electron chi connectivity index (χ2n) is 16.7. The number of benzene rings is 2. The number of halogens is 4. The van der Waals surface area contributed by atoms with Crippen LogP contribution in [0.15, 0.2) is 33.9 Å². The minimum atomic E-state index is -0.598. The summed E-state index contributed by atoms with van der Waals surface area (Å²) in [6, 6.07) is 4.68. The first-order chi connectivity index (χ1) is 27.6. The van der Waals surface area contributed by atoms with Crippen LogP contribution in [0.5, 0.6) is 0 Å². The first-order valence-electron chi connectivity index (χ1n) is 20.4. The van der Waals surface area contributed by atoms with E-state index in [9.17, 15) is 32.3 Å². The number of nitrogens with one attached hydrogen (secondary N) is 3. The summed E-state index contributed by atoms with van der Waals surface area (Å²) in [7, 11) is 0. The molecule has 0 saturated carbocycles. The summed E-state index contributed by atoms with van der Waals surface area (Å²) >= 11 is 0. The van der Waals surface area contributed by atoms with E-state index in [2.05, 4.69) is 25.1 Å². The summed E-state index contributed by atoms with van der Waals surface area (Å²) < 4.78 is 56.7. The zero-order valence-corrected chi connectivity index (χ0v) is 32.0. The molecule has 0 amide bonds. The van der Waals surface area contributed by atoms with Crippen molar-refractivity contribution in [2.45, 2.75) is 87.9 Å². The zero-order chi connectivity index (χ0) is 39.5. The molecule has 6 heterocycles. The second kappa shape index (κ2) is 14.8. The standard InChI is InChI=1S/C22H26F2N4O2.C20H22F2N4O/c23-14-11-16(24)19-18(12-14)28(9-10-29)13-22(19)5-7-27(8-6-22)21-25-17-4-2-1-3-15(17)20(30)26-21;21-12-9-14(22)17-16(10-12)23-11-20(17)5-7-26(8-6-20)19-24-15-4-2-1-3-13(15)18(27)25-19/h11-12,29H,1-10,13H2,(H,25,26,30);9-10,23H,1-8,11H2,(H,24,25,27). The van der Waals surface area contributed by atoms with Crippen LogP contribution in [-0.4, -0.2) is 77.5 Å². The zero-order valence-electron chi connectivity index (χ0n) is 32.0. The number of H-pyrrole nitrogens is 2. The van der Waals surface area contributed by atoms with E-state index in [0.717, 1.165) is 98.9 Å². The van der Waals surface area contributed by atoms with Crippen molar-refractivity contribution in [2.24, 2.45) is 0 Å². The van der Waals surface area contributed by atoms with Gasteiger partial charge in [-0.1, -0.05) is 0 Å². The molecule has 6 aliphatic rings. The van der Waals surface area contributed by atoms with Gasteiger partial charge < -0.3 is 25.1 Å². The molecule has 2 aromatic carbocycles. The molecule has 2 aliphatic carbocycles. The summed E-state index contributed by atoms with van der Waals surface area (Å²) in [5, 5.41) is 12.6. The van der Waals surface area contributed by atoms with E-state index in [0.29, 0.717) is 93.1 Å². The number of aliphatic hydroxyl groups is 1. The molecule has 4 N–H and O–H groups in total. The Morgan fingerprint density at radius 3 is 1.74 bits per heavy atom. The molecule has 0 unspecified atom stereocenters. The maximum atomic E-state index is 14.9. The first kappa shape index (κ1) is 37.6. The highest BCUT2D eigenvalue weighted by atomic mass is 19.1. The highest BCUT2D eigenvalue weighted by Gasteiger charge is 2.47. The molecular formula is C42H48F4N8O3. The summed E-state index contributed by atoms with van der Waals surface area (Å²) in [6.45, 7) is 4.08. The number of fused-ring (bicyclic) bond motifs is 6. The smallest absolute Gasteiger partial charge is 0.255 e. The number of hydrogen-bond acceptors (Lipinski definition) is 9. The molecule has 2 saturated heterocycles. The molecule has 2 aromatic heterocycles. The largest absolute Gasteiger partial charge is 0.395 e. The number of hydrogen-bond donors (Lipinski definition) is 4. The van der Waals surface area contributed by atoms with Gasteiger partial charge in [0.2, 0.25) is 11.9 Å². The lowest BCUT2D eigenvalue weighted by atomic mass is 9.74. The van der Waals surface area contributed by atoms with Crippen molar-refractivity contribution >= 4 is 23.3 Å². The Morgan fingerprint density at radius 2 is 1.18 bits per heavy atom. The molecule has 2 spiro atoms. The van der Waals surface area contributed by atoms with Crippen molar-refractivity contribution in [1.29, 1.82) is 0 Å². The SMILES string of the molecule is O=c1[nH]c(N2CCC3(CC2)CN(CCO)c2cc(F)cc(F)c23)nc2c1CCCC2.O=c1[nH]c(N2CCC3(CC2)CNc2cc(F)cc(F)c23)nc2c1CCCC2. The molecule has 0 radical (unpaired) electrons. The third-order valence-corrected chi connectivity index (χ3v) is 13.4. The van der Waals surface area contributed by atoms with Crippen LogP contribution in [0, 0.1) is 23.3 Å². The number of β-amino-alcohol motifs (C(OH)–C–C–N with tert-alkyl or cyclic N) is 1.